The normalized spacial score (nSPS) is 12.0. The number of nitrogens with one attached hydrogen (secondary N) is 1. The minimum atomic E-state index is -0.464. The zero-order valence-electron chi connectivity index (χ0n) is 13.4. The summed E-state index contributed by atoms with van der Waals surface area (Å²) in [6.45, 7) is 5.23. The van der Waals surface area contributed by atoms with Crippen molar-refractivity contribution in [1.82, 2.24) is 4.98 Å². The fourth-order valence-corrected chi connectivity index (χ4v) is 3.31. The second kappa shape index (κ2) is 7.00. The molecule has 6 heteroatoms. The molecule has 2 aromatic rings. The van der Waals surface area contributed by atoms with E-state index in [1.54, 1.807) is 32.9 Å². The molecule has 0 unspecified atom stereocenters. The number of methoxy groups -OCH3 is 1. The minimum Gasteiger partial charge on any atom is -0.465 e. The number of thioether (sulfide) groups is 1. The lowest BCUT2D eigenvalue weighted by atomic mass is 10.1. The average molecular weight is 335 g/mol. The number of benzene rings is 1. The lowest BCUT2D eigenvalue weighted by Crippen LogP contribution is -2.15. The maximum absolute atomic E-state index is 12.9. The van der Waals surface area contributed by atoms with Crippen LogP contribution in [0.5, 0.6) is 0 Å². The monoisotopic (exact) mass is 335 g/mol. The van der Waals surface area contributed by atoms with E-state index >= 15 is 0 Å². The van der Waals surface area contributed by atoms with Crippen LogP contribution in [0.4, 0.5) is 4.39 Å². The van der Waals surface area contributed by atoms with Crippen molar-refractivity contribution < 1.29 is 18.7 Å². The van der Waals surface area contributed by atoms with Gasteiger partial charge in [-0.25, -0.2) is 9.18 Å². The number of hydrogen-bond acceptors (Lipinski definition) is 4. The molecule has 0 bridgehead atoms. The van der Waals surface area contributed by atoms with E-state index in [-0.39, 0.29) is 16.9 Å². The third kappa shape index (κ3) is 3.64. The van der Waals surface area contributed by atoms with Gasteiger partial charge in [0.2, 0.25) is 0 Å². The number of aromatic amines is 1. The molecule has 0 saturated carbocycles. The molecule has 1 N–H and O–H groups in total. The zero-order valence-corrected chi connectivity index (χ0v) is 14.2. The lowest BCUT2D eigenvalue weighted by molar-refractivity contribution is 0.0599. The van der Waals surface area contributed by atoms with Gasteiger partial charge in [-0.3, -0.25) is 4.79 Å². The molecule has 23 heavy (non-hydrogen) atoms. The molecule has 1 heterocycles. The van der Waals surface area contributed by atoms with Gasteiger partial charge in [0, 0.05) is 10.6 Å². The first-order valence-corrected chi connectivity index (χ1v) is 7.97. The first-order chi connectivity index (χ1) is 10.8. The highest BCUT2D eigenvalue weighted by molar-refractivity contribution is 8.00. The fraction of sp³-hybridized carbons (Fsp3) is 0.294. The number of halogens is 1. The number of Topliss-reactive ketones (excluding diaryl/α,β-unsaturated/α-hetero) is 1. The summed E-state index contributed by atoms with van der Waals surface area (Å²) in [6, 6.07) is 5.99. The van der Waals surface area contributed by atoms with E-state index in [1.807, 2.05) is 0 Å². The van der Waals surface area contributed by atoms with Gasteiger partial charge in [-0.2, -0.15) is 0 Å². The molecule has 1 aromatic carbocycles. The number of ether oxygens (including phenoxy) is 1. The lowest BCUT2D eigenvalue weighted by Gasteiger charge is -2.10. The van der Waals surface area contributed by atoms with Crippen molar-refractivity contribution in [2.75, 3.05) is 7.11 Å². The number of ketones is 1. The molecule has 0 fully saturated rings. The Morgan fingerprint density at radius 2 is 1.83 bits per heavy atom. The van der Waals surface area contributed by atoms with Crippen LogP contribution < -0.4 is 0 Å². The summed E-state index contributed by atoms with van der Waals surface area (Å²) in [5.74, 6) is -0.892. The van der Waals surface area contributed by atoms with Crippen molar-refractivity contribution in [3.63, 3.8) is 0 Å². The zero-order chi connectivity index (χ0) is 17.1. The first kappa shape index (κ1) is 17.3. The van der Waals surface area contributed by atoms with Gasteiger partial charge in [0.25, 0.3) is 0 Å². The number of aryl methyl sites for hydroxylation is 1. The Hall–Kier alpha value is -2.08. The molecule has 2 rings (SSSR count). The molecular formula is C17H18FNO3S. The van der Waals surface area contributed by atoms with Crippen LogP contribution in [0.1, 0.15) is 39.0 Å². The number of H-pyrrole nitrogens is 1. The summed E-state index contributed by atoms with van der Waals surface area (Å²) in [7, 11) is 1.31. The van der Waals surface area contributed by atoms with E-state index in [4.69, 9.17) is 4.74 Å². The standard InChI is InChI=1S/C17H18FNO3S/c1-9-14(17(21)22-4)10(2)19-15(9)16(20)11(3)23-13-7-5-12(18)6-8-13/h5-8,11,19H,1-4H3/t11-/m0/s1. The van der Waals surface area contributed by atoms with Crippen LogP contribution in [-0.2, 0) is 4.74 Å². The van der Waals surface area contributed by atoms with Crippen LogP contribution in [0.15, 0.2) is 29.2 Å². The van der Waals surface area contributed by atoms with E-state index in [1.165, 1.54) is 31.0 Å². The van der Waals surface area contributed by atoms with Crippen molar-refractivity contribution in [1.29, 1.82) is 0 Å². The summed E-state index contributed by atoms with van der Waals surface area (Å²) in [5, 5.41) is -0.372. The van der Waals surface area contributed by atoms with Crippen molar-refractivity contribution >= 4 is 23.5 Å². The van der Waals surface area contributed by atoms with Gasteiger partial charge in [0.1, 0.15) is 5.82 Å². The number of hydrogen-bond donors (Lipinski definition) is 1. The molecule has 1 aromatic heterocycles. The molecule has 1 atom stereocenters. The number of rotatable bonds is 5. The van der Waals surface area contributed by atoms with Crippen molar-refractivity contribution in [3.05, 3.63) is 52.6 Å². The molecule has 0 amide bonds. The Bertz CT molecular complexity index is 737. The SMILES string of the molecule is COC(=O)c1c(C)[nH]c(C(=O)[C@H](C)Sc2ccc(F)cc2)c1C. The predicted octanol–water partition coefficient (Wildman–Crippen LogP) is 3.92. The first-order valence-electron chi connectivity index (χ1n) is 7.09. The summed E-state index contributed by atoms with van der Waals surface area (Å²) >= 11 is 1.34. The molecule has 0 spiro atoms. The van der Waals surface area contributed by atoms with Crippen molar-refractivity contribution in [3.8, 4) is 0 Å². The summed E-state index contributed by atoms with van der Waals surface area (Å²) in [4.78, 5) is 28.2. The third-order valence-corrected chi connectivity index (χ3v) is 4.68. The summed E-state index contributed by atoms with van der Waals surface area (Å²) in [5.41, 5.74) is 2.00. The average Bonchev–Trinajstić information content (AvgIpc) is 2.82. The Labute approximate surface area is 138 Å². The highest BCUT2D eigenvalue weighted by Gasteiger charge is 2.25. The number of aromatic nitrogens is 1. The van der Waals surface area contributed by atoms with Crippen LogP contribution >= 0.6 is 11.8 Å². The van der Waals surface area contributed by atoms with Gasteiger partial charge in [-0.15, -0.1) is 11.8 Å². The van der Waals surface area contributed by atoms with Gasteiger partial charge in [-0.05, 0) is 50.6 Å². The van der Waals surface area contributed by atoms with E-state index in [0.717, 1.165) is 4.90 Å². The molecule has 0 aliphatic carbocycles. The van der Waals surface area contributed by atoms with Crippen LogP contribution in [-0.4, -0.2) is 29.1 Å². The fourth-order valence-electron chi connectivity index (χ4n) is 2.38. The molecule has 0 aliphatic rings. The van der Waals surface area contributed by atoms with E-state index in [2.05, 4.69) is 4.98 Å². The van der Waals surface area contributed by atoms with E-state index in [9.17, 15) is 14.0 Å². The van der Waals surface area contributed by atoms with E-state index in [0.29, 0.717) is 22.5 Å². The second-order valence-corrected chi connectivity index (χ2v) is 6.61. The van der Waals surface area contributed by atoms with Gasteiger partial charge >= 0.3 is 5.97 Å². The Morgan fingerprint density at radius 3 is 2.39 bits per heavy atom. The maximum atomic E-state index is 12.9. The van der Waals surface area contributed by atoms with Crippen LogP contribution in [0.25, 0.3) is 0 Å². The topological polar surface area (TPSA) is 59.2 Å². The molecular weight excluding hydrogens is 317 g/mol. The van der Waals surface area contributed by atoms with Crippen LogP contribution in [0, 0.1) is 19.7 Å². The van der Waals surface area contributed by atoms with Crippen LogP contribution in [0.2, 0.25) is 0 Å². The number of carbonyl (C=O) groups is 2. The Kier molecular flexibility index (Phi) is 5.26. The molecule has 0 aliphatic heterocycles. The van der Waals surface area contributed by atoms with Gasteiger partial charge in [-0.1, -0.05) is 0 Å². The smallest absolute Gasteiger partial charge is 0.339 e. The largest absolute Gasteiger partial charge is 0.465 e. The van der Waals surface area contributed by atoms with Gasteiger partial charge in [0.15, 0.2) is 5.78 Å². The minimum absolute atomic E-state index is 0.116. The predicted molar refractivity (Wildman–Crippen MR) is 87.7 cm³/mol. The Balaban J connectivity index is 2.23. The van der Waals surface area contributed by atoms with Gasteiger partial charge in [0.05, 0.1) is 23.6 Å². The Morgan fingerprint density at radius 1 is 1.22 bits per heavy atom. The summed E-state index contributed by atoms with van der Waals surface area (Å²) in [6.07, 6.45) is 0. The van der Waals surface area contributed by atoms with Crippen molar-refractivity contribution in [2.45, 2.75) is 30.9 Å². The quantitative estimate of drug-likeness (QED) is 0.511. The number of carbonyl (C=O) groups excluding carboxylic acids is 2. The summed E-state index contributed by atoms with van der Waals surface area (Å²) < 4.78 is 17.7. The second-order valence-electron chi connectivity index (χ2n) is 5.19. The molecule has 0 radical (unpaired) electrons. The van der Waals surface area contributed by atoms with Crippen LogP contribution in [0.3, 0.4) is 0 Å². The third-order valence-electron chi connectivity index (χ3n) is 3.57. The molecule has 0 saturated heterocycles. The molecule has 4 nitrogen and oxygen atoms in total. The molecule has 122 valence electrons. The van der Waals surface area contributed by atoms with E-state index < -0.39 is 5.97 Å². The maximum Gasteiger partial charge on any atom is 0.339 e. The number of esters is 1. The van der Waals surface area contributed by atoms with Gasteiger partial charge < -0.3 is 9.72 Å². The highest BCUT2D eigenvalue weighted by atomic mass is 32.2. The highest BCUT2D eigenvalue weighted by Crippen LogP contribution is 2.28. The van der Waals surface area contributed by atoms with Crippen molar-refractivity contribution in [2.24, 2.45) is 0 Å².